The molecule has 2 unspecified atom stereocenters. The first-order chi connectivity index (χ1) is 8.95. The van der Waals surface area contributed by atoms with E-state index in [-0.39, 0.29) is 18.4 Å². The van der Waals surface area contributed by atoms with Crippen LogP contribution in [0.15, 0.2) is 0 Å². The van der Waals surface area contributed by atoms with Crippen LogP contribution in [0.2, 0.25) is 0 Å². The predicted octanol–water partition coefficient (Wildman–Crippen LogP) is -1.06. The maximum absolute atomic E-state index is 12.5. The first-order valence-electron chi connectivity index (χ1n) is 6.63. The Balaban J connectivity index is 1.74. The highest BCUT2D eigenvalue weighted by Crippen LogP contribution is 2.29. The topological polar surface area (TPSA) is 90.5 Å². The smallest absolute Gasteiger partial charge is 0.322 e. The first-order valence-corrected chi connectivity index (χ1v) is 6.63. The molecule has 0 radical (unpaired) electrons. The van der Waals surface area contributed by atoms with Crippen LogP contribution < -0.4 is 16.0 Å². The van der Waals surface area contributed by atoms with E-state index in [0.717, 1.165) is 19.4 Å². The lowest BCUT2D eigenvalue weighted by molar-refractivity contribution is -0.136. The quantitative estimate of drug-likeness (QED) is 0.528. The molecule has 1 spiro atoms. The van der Waals surface area contributed by atoms with Crippen molar-refractivity contribution in [3.63, 3.8) is 0 Å². The van der Waals surface area contributed by atoms with Crippen molar-refractivity contribution in [2.45, 2.75) is 37.3 Å². The summed E-state index contributed by atoms with van der Waals surface area (Å²) < 4.78 is 0. The van der Waals surface area contributed by atoms with Gasteiger partial charge in [-0.2, -0.15) is 0 Å². The van der Waals surface area contributed by atoms with E-state index in [1.165, 1.54) is 0 Å². The van der Waals surface area contributed by atoms with Crippen molar-refractivity contribution in [2.24, 2.45) is 0 Å². The summed E-state index contributed by atoms with van der Waals surface area (Å²) in [6.45, 7) is 3.52. The Kier molecular flexibility index (Phi) is 2.57. The van der Waals surface area contributed by atoms with E-state index in [4.69, 9.17) is 0 Å². The lowest BCUT2D eigenvalue weighted by Crippen LogP contribution is -2.55. The molecule has 7 nitrogen and oxygen atoms in total. The van der Waals surface area contributed by atoms with E-state index in [9.17, 15) is 14.4 Å². The molecule has 0 bridgehead atoms. The second kappa shape index (κ2) is 3.93. The molecule has 19 heavy (non-hydrogen) atoms. The van der Waals surface area contributed by atoms with Crippen LogP contribution in [0.4, 0.5) is 4.79 Å². The van der Waals surface area contributed by atoms with Gasteiger partial charge < -0.3 is 15.5 Å². The van der Waals surface area contributed by atoms with Crippen molar-refractivity contribution in [2.75, 3.05) is 19.6 Å². The summed E-state index contributed by atoms with van der Waals surface area (Å²) in [7, 11) is 0. The van der Waals surface area contributed by atoms with Crippen LogP contribution in [0, 0.1) is 0 Å². The average molecular weight is 266 g/mol. The number of hydrogen-bond donors (Lipinski definition) is 3. The third kappa shape index (κ3) is 1.80. The van der Waals surface area contributed by atoms with Gasteiger partial charge in [-0.1, -0.05) is 0 Å². The number of nitrogens with one attached hydrogen (secondary N) is 3. The van der Waals surface area contributed by atoms with Crippen LogP contribution >= 0.6 is 0 Å². The number of urea groups is 1. The van der Waals surface area contributed by atoms with Crippen molar-refractivity contribution in [1.82, 2.24) is 20.9 Å². The monoisotopic (exact) mass is 266 g/mol. The van der Waals surface area contributed by atoms with Crippen LogP contribution in [0.5, 0.6) is 0 Å². The van der Waals surface area contributed by atoms with Crippen molar-refractivity contribution in [1.29, 1.82) is 0 Å². The zero-order valence-electron chi connectivity index (χ0n) is 10.9. The van der Waals surface area contributed by atoms with Crippen molar-refractivity contribution in [3.05, 3.63) is 0 Å². The molecule has 3 fully saturated rings. The summed E-state index contributed by atoms with van der Waals surface area (Å²) in [5.41, 5.74) is -1.44. The number of likely N-dealkylation sites (tertiary alicyclic amines) is 1. The summed E-state index contributed by atoms with van der Waals surface area (Å²) >= 11 is 0. The summed E-state index contributed by atoms with van der Waals surface area (Å²) in [5.74, 6) is -0.298. The van der Waals surface area contributed by atoms with Gasteiger partial charge in [0, 0.05) is 6.54 Å². The number of rotatable bonds is 1. The molecular weight excluding hydrogens is 248 g/mol. The van der Waals surface area contributed by atoms with Gasteiger partial charge >= 0.3 is 6.03 Å². The lowest BCUT2D eigenvalue weighted by Gasteiger charge is -2.30. The Bertz CT molecular complexity index is 458. The third-order valence-corrected chi connectivity index (χ3v) is 4.41. The lowest BCUT2D eigenvalue weighted by atomic mass is 9.97. The minimum atomic E-state index is -0.915. The number of imide groups is 1. The molecule has 3 heterocycles. The van der Waals surface area contributed by atoms with Gasteiger partial charge in [0.1, 0.15) is 5.54 Å². The van der Waals surface area contributed by atoms with Crippen molar-refractivity contribution < 1.29 is 14.4 Å². The first kappa shape index (κ1) is 12.4. The molecule has 0 aromatic heterocycles. The van der Waals surface area contributed by atoms with Gasteiger partial charge in [0.2, 0.25) is 5.91 Å². The minimum absolute atomic E-state index is 0.0239. The Morgan fingerprint density at radius 2 is 2.11 bits per heavy atom. The number of hydrogen-bond acceptors (Lipinski definition) is 4. The molecule has 0 saturated carbocycles. The van der Waals surface area contributed by atoms with Crippen LogP contribution in [0.25, 0.3) is 0 Å². The number of nitrogens with zero attached hydrogens (tertiary/aromatic N) is 1. The van der Waals surface area contributed by atoms with E-state index in [2.05, 4.69) is 16.0 Å². The van der Waals surface area contributed by atoms with Crippen LogP contribution in [0.1, 0.15) is 26.2 Å². The van der Waals surface area contributed by atoms with Crippen molar-refractivity contribution >= 4 is 17.8 Å². The normalized spacial score (nSPS) is 37.8. The third-order valence-electron chi connectivity index (χ3n) is 4.41. The molecule has 0 aromatic carbocycles. The summed E-state index contributed by atoms with van der Waals surface area (Å²) in [6, 6.07) is -0.468. The van der Waals surface area contributed by atoms with E-state index < -0.39 is 17.1 Å². The fraction of sp³-hybridized carbons (Fsp3) is 0.750. The van der Waals surface area contributed by atoms with Gasteiger partial charge in [0.25, 0.3) is 5.91 Å². The molecule has 3 aliphatic heterocycles. The Hall–Kier alpha value is -1.63. The second-order valence-corrected chi connectivity index (χ2v) is 5.83. The molecule has 3 saturated heterocycles. The van der Waals surface area contributed by atoms with E-state index in [0.29, 0.717) is 13.0 Å². The van der Waals surface area contributed by atoms with E-state index >= 15 is 0 Å². The molecule has 3 N–H and O–H groups in total. The maximum atomic E-state index is 12.5. The number of carbonyl (C=O) groups is 3. The maximum Gasteiger partial charge on any atom is 0.322 e. The molecule has 0 aliphatic carbocycles. The van der Waals surface area contributed by atoms with Crippen LogP contribution in [-0.4, -0.2) is 53.5 Å². The molecule has 7 heteroatoms. The van der Waals surface area contributed by atoms with Gasteiger partial charge in [-0.15, -0.1) is 0 Å². The molecule has 4 amide bonds. The van der Waals surface area contributed by atoms with Gasteiger partial charge in [0.05, 0.1) is 12.1 Å². The Morgan fingerprint density at radius 3 is 2.68 bits per heavy atom. The molecule has 0 aromatic rings. The summed E-state index contributed by atoms with van der Waals surface area (Å²) in [6.07, 6.45) is 2.28. The summed E-state index contributed by atoms with van der Waals surface area (Å²) in [5, 5.41) is 8.13. The molecule has 3 aliphatic rings. The molecule has 3 rings (SSSR count). The van der Waals surface area contributed by atoms with Crippen LogP contribution in [0.3, 0.4) is 0 Å². The summed E-state index contributed by atoms with van der Waals surface area (Å²) in [4.78, 5) is 37.3. The highest BCUT2D eigenvalue weighted by atomic mass is 16.2. The fourth-order valence-electron chi connectivity index (χ4n) is 3.22. The number of amides is 4. The minimum Gasteiger partial charge on any atom is -0.338 e. The largest absolute Gasteiger partial charge is 0.338 e. The molecule has 104 valence electrons. The second-order valence-electron chi connectivity index (χ2n) is 5.83. The molecule has 2 atom stereocenters. The van der Waals surface area contributed by atoms with E-state index in [1.54, 1.807) is 4.90 Å². The van der Waals surface area contributed by atoms with Crippen molar-refractivity contribution in [3.8, 4) is 0 Å². The average Bonchev–Trinajstić information content (AvgIpc) is 3.02. The van der Waals surface area contributed by atoms with Gasteiger partial charge in [-0.05, 0) is 32.7 Å². The Morgan fingerprint density at radius 1 is 1.32 bits per heavy atom. The molecular formula is C12H18N4O3. The Labute approximate surface area is 111 Å². The zero-order chi connectivity index (χ0) is 13.7. The van der Waals surface area contributed by atoms with Gasteiger partial charge in [-0.25, -0.2) is 4.79 Å². The SMILES string of the molecule is CC1(C(=O)N2CCC3(C2)NC(=O)NC3=O)CCCN1. The van der Waals surface area contributed by atoms with Gasteiger partial charge in [-0.3, -0.25) is 14.9 Å². The standard InChI is InChI=1S/C12H18N4O3/c1-11(3-2-5-13-11)9(18)16-6-4-12(7-16)8(17)14-10(19)15-12/h13H,2-7H2,1H3,(H2,14,15,17,19). The zero-order valence-corrected chi connectivity index (χ0v) is 10.9. The fourth-order valence-corrected chi connectivity index (χ4v) is 3.22. The highest BCUT2D eigenvalue weighted by molar-refractivity contribution is 6.07. The number of carbonyl (C=O) groups excluding carboxylic acids is 3. The predicted molar refractivity (Wildman–Crippen MR) is 66.2 cm³/mol. The van der Waals surface area contributed by atoms with E-state index in [1.807, 2.05) is 6.92 Å². The van der Waals surface area contributed by atoms with Crippen LogP contribution in [-0.2, 0) is 9.59 Å². The van der Waals surface area contributed by atoms with Gasteiger partial charge in [0.15, 0.2) is 0 Å². The highest BCUT2D eigenvalue weighted by Gasteiger charge is 2.53.